The lowest BCUT2D eigenvalue weighted by molar-refractivity contribution is -0.119. The molecule has 0 saturated carbocycles. The van der Waals surface area contributed by atoms with Crippen molar-refractivity contribution in [1.29, 1.82) is 0 Å². The number of sulfonamides is 1. The van der Waals surface area contributed by atoms with Crippen LogP contribution in [0.5, 0.6) is 5.75 Å². The number of amides is 2. The summed E-state index contributed by atoms with van der Waals surface area (Å²) in [5, 5.41) is 2.78. The zero-order chi connectivity index (χ0) is 19.8. The van der Waals surface area contributed by atoms with Gasteiger partial charge in [-0.05, 0) is 48.9 Å². The van der Waals surface area contributed by atoms with Gasteiger partial charge in [0.15, 0.2) is 0 Å². The smallest absolute Gasteiger partial charge is 0.255 e. The number of nitrogens with zero attached hydrogens (tertiary/aromatic N) is 1. The van der Waals surface area contributed by atoms with E-state index in [-0.39, 0.29) is 17.3 Å². The van der Waals surface area contributed by atoms with Crippen molar-refractivity contribution in [1.82, 2.24) is 0 Å². The number of ether oxygens (including phenoxy) is 1. The second kappa shape index (κ2) is 7.03. The van der Waals surface area contributed by atoms with Crippen molar-refractivity contribution in [3.63, 3.8) is 0 Å². The number of nitrogens with one attached hydrogen (secondary N) is 1. The van der Waals surface area contributed by atoms with Crippen molar-refractivity contribution in [3.8, 4) is 5.75 Å². The third kappa shape index (κ3) is 3.66. The summed E-state index contributed by atoms with van der Waals surface area (Å²) in [6, 6.07) is 11.3. The van der Waals surface area contributed by atoms with Gasteiger partial charge in [-0.25, -0.2) is 12.7 Å². The molecule has 1 heterocycles. The van der Waals surface area contributed by atoms with Gasteiger partial charge in [-0.15, -0.1) is 0 Å². The van der Waals surface area contributed by atoms with Crippen LogP contribution in [0, 0.1) is 12.8 Å². The molecule has 1 N–H and O–H groups in total. The van der Waals surface area contributed by atoms with Crippen LogP contribution in [-0.2, 0) is 14.8 Å². The highest BCUT2D eigenvalue weighted by Gasteiger charge is 2.41. The van der Waals surface area contributed by atoms with Crippen LogP contribution in [0.4, 0.5) is 11.4 Å². The number of rotatable bonds is 4. The molecule has 0 aliphatic carbocycles. The molecular weight excluding hydrogens is 368 g/mol. The van der Waals surface area contributed by atoms with E-state index < -0.39 is 21.8 Å². The van der Waals surface area contributed by atoms with Crippen LogP contribution in [0.25, 0.3) is 0 Å². The molecule has 2 amide bonds. The van der Waals surface area contributed by atoms with Crippen LogP contribution in [0.2, 0.25) is 0 Å². The molecule has 0 radical (unpaired) electrons. The van der Waals surface area contributed by atoms with Crippen LogP contribution in [0.3, 0.4) is 0 Å². The van der Waals surface area contributed by atoms with Gasteiger partial charge in [-0.1, -0.05) is 13.0 Å². The van der Waals surface area contributed by atoms with Crippen LogP contribution < -0.4 is 14.4 Å². The van der Waals surface area contributed by atoms with Crippen molar-refractivity contribution in [2.45, 2.75) is 13.8 Å². The summed E-state index contributed by atoms with van der Waals surface area (Å²) in [5.41, 5.74) is 2.07. The molecule has 2 aromatic rings. The first-order valence-corrected chi connectivity index (χ1v) is 9.97. The average Bonchev–Trinajstić information content (AvgIpc) is 2.82. The molecule has 0 bridgehead atoms. The number of anilines is 2. The first kappa shape index (κ1) is 18.9. The Kier molecular flexibility index (Phi) is 4.93. The maximum absolute atomic E-state index is 12.5. The summed E-state index contributed by atoms with van der Waals surface area (Å²) >= 11 is 0. The van der Waals surface area contributed by atoms with Crippen molar-refractivity contribution in [2.24, 2.45) is 5.92 Å². The second-order valence-corrected chi connectivity index (χ2v) is 8.35. The van der Waals surface area contributed by atoms with Gasteiger partial charge in [-0.2, -0.15) is 0 Å². The van der Waals surface area contributed by atoms with E-state index in [0.717, 1.165) is 9.87 Å². The van der Waals surface area contributed by atoms with E-state index in [1.54, 1.807) is 19.1 Å². The molecule has 142 valence electrons. The van der Waals surface area contributed by atoms with Crippen LogP contribution >= 0.6 is 0 Å². The molecule has 1 atom stereocenters. The molecule has 0 aromatic heterocycles. The predicted octanol–water partition coefficient (Wildman–Crippen LogP) is 2.57. The third-order valence-electron chi connectivity index (χ3n) is 4.33. The Labute approximate surface area is 158 Å². The van der Waals surface area contributed by atoms with Crippen LogP contribution in [-0.4, -0.2) is 33.1 Å². The van der Waals surface area contributed by atoms with Crippen molar-refractivity contribution < 1.29 is 22.7 Å². The number of hydrogen-bond acceptors (Lipinski definition) is 5. The summed E-state index contributed by atoms with van der Waals surface area (Å²) in [4.78, 5) is 24.6. The summed E-state index contributed by atoms with van der Waals surface area (Å²) in [5.74, 6) is -1.08. The normalized spacial score (nSPS) is 18.4. The van der Waals surface area contributed by atoms with Crippen molar-refractivity contribution in [2.75, 3.05) is 22.5 Å². The van der Waals surface area contributed by atoms with E-state index in [0.29, 0.717) is 17.0 Å². The van der Waals surface area contributed by atoms with Crippen LogP contribution in [0.1, 0.15) is 22.8 Å². The first-order chi connectivity index (χ1) is 12.7. The maximum atomic E-state index is 12.5. The Morgan fingerprint density at radius 3 is 2.41 bits per heavy atom. The molecule has 1 fully saturated rings. The monoisotopic (exact) mass is 388 g/mol. The SMILES string of the molecule is COc1ccc(C)cc1NC(=O)c1ccc(N2C(=O)[C@@H](C)CS2(=O)=O)cc1. The summed E-state index contributed by atoms with van der Waals surface area (Å²) in [6.07, 6.45) is 0. The molecule has 1 aliphatic heterocycles. The zero-order valence-electron chi connectivity index (χ0n) is 15.2. The second-order valence-electron chi connectivity index (χ2n) is 6.49. The first-order valence-electron chi connectivity index (χ1n) is 8.36. The minimum Gasteiger partial charge on any atom is -0.495 e. The van der Waals surface area contributed by atoms with E-state index in [1.165, 1.54) is 31.4 Å². The Balaban J connectivity index is 1.83. The number of methoxy groups -OCH3 is 1. The molecular formula is C19H20N2O5S. The molecule has 1 aliphatic rings. The van der Waals surface area contributed by atoms with E-state index in [9.17, 15) is 18.0 Å². The number of hydrogen-bond donors (Lipinski definition) is 1. The fourth-order valence-electron chi connectivity index (χ4n) is 2.95. The number of benzene rings is 2. The highest BCUT2D eigenvalue weighted by molar-refractivity contribution is 7.94. The standard InChI is InChI=1S/C19H20N2O5S/c1-12-4-9-17(26-3)16(10-12)20-18(22)14-5-7-15(8-6-14)21-19(23)13(2)11-27(21,24)25/h4-10,13H,11H2,1-3H3,(H,20,22)/t13-/m0/s1. The number of carbonyl (C=O) groups excluding carboxylic acids is 2. The lowest BCUT2D eigenvalue weighted by Gasteiger charge is -2.16. The van der Waals surface area contributed by atoms with Gasteiger partial charge in [0.1, 0.15) is 5.75 Å². The highest BCUT2D eigenvalue weighted by atomic mass is 32.2. The van der Waals surface area contributed by atoms with Gasteiger partial charge in [0.25, 0.3) is 5.91 Å². The molecule has 3 rings (SSSR count). The fraction of sp³-hybridized carbons (Fsp3) is 0.263. The Morgan fingerprint density at radius 2 is 1.85 bits per heavy atom. The lowest BCUT2D eigenvalue weighted by atomic mass is 10.1. The number of carbonyl (C=O) groups is 2. The molecule has 1 saturated heterocycles. The third-order valence-corrected chi connectivity index (χ3v) is 6.20. The van der Waals surface area contributed by atoms with Gasteiger partial charge in [0, 0.05) is 5.56 Å². The van der Waals surface area contributed by atoms with Gasteiger partial charge in [0.2, 0.25) is 15.9 Å². The number of aryl methyl sites for hydroxylation is 1. The molecule has 0 spiro atoms. The van der Waals surface area contributed by atoms with E-state index in [1.807, 2.05) is 13.0 Å². The Bertz CT molecular complexity index is 999. The van der Waals surface area contributed by atoms with E-state index >= 15 is 0 Å². The Morgan fingerprint density at radius 1 is 1.19 bits per heavy atom. The summed E-state index contributed by atoms with van der Waals surface area (Å²) < 4.78 is 30.4. The van der Waals surface area contributed by atoms with Crippen molar-refractivity contribution >= 4 is 33.2 Å². The topological polar surface area (TPSA) is 92.8 Å². The molecule has 2 aromatic carbocycles. The lowest BCUT2D eigenvalue weighted by Crippen LogP contribution is -2.30. The summed E-state index contributed by atoms with van der Waals surface area (Å²) in [6.45, 7) is 3.48. The van der Waals surface area contributed by atoms with Gasteiger partial charge >= 0.3 is 0 Å². The van der Waals surface area contributed by atoms with E-state index in [4.69, 9.17) is 4.74 Å². The van der Waals surface area contributed by atoms with Crippen LogP contribution in [0.15, 0.2) is 42.5 Å². The van der Waals surface area contributed by atoms with Gasteiger partial charge < -0.3 is 10.1 Å². The van der Waals surface area contributed by atoms with Crippen molar-refractivity contribution in [3.05, 3.63) is 53.6 Å². The zero-order valence-corrected chi connectivity index (χ0v) is 16.0. The quantitative estimate of drug-likeness (QED) is 0.869. The largest absolute Gasteiger partial charge is 0.495 e. The summed E-state index contributed by atoms with van der Waals surface area (Å²) in [7, 11) is -2.15. The molecule has 7 nitrogen and oxygen atoms in total. The highest BCUT2D eigenvalue weighted by Crippen LogP contribution is 2.29. The molecule has 0 unspecified atom stereocenters. The van der Waals surface area contributed by atoms with E-state index in [2.05, 4.69) is 5.32 Å². The molecule has 27 heavy (non-hydrogen) atoms. The minimum atomic E-state index is -3.67. The van der Waals surface area contributed by atoms with Gasteiger partial charge in [-0.3, -0.25) is 9.59 Å². The maximum Gasteiger partial charge on any atom is 0.255 e. The fourth-order valence-corrected chi connectivity index (χ4v) is 4.77. The predicted molar refractivity (Wildman–Crippen MR) is 103 cm³/mol. The minimum absolute atomic E-state index is 0.207. The average molecular weight is 388 g/mol. The molecule has 8 heteroatoms. The van der Waals surface area contributed by atoms with Gasteiger partial charge in [0.05, 0.1) is 30.2 Å². The Hall–Kier alpha value is -2.87.